The molecule has 0 spiro atoms. The third kappa shape index (κ3) is 4.95. The van der Waals surface area contributed by atoms with E-state index in [1.165, 1.54) is 0 Å². The van der Waals surface area contributed by atoms with Gasteiger partial charge in [-0.1, -0.05) is 39.7 Å². The molecule has 0 radical (unpaired) electrons. The van der Waals surface area contributed by atoms with Gasteiger partial charge in [0.25, 0.3) is 5.91 Å². The molecule has 0 aliphatic heterocycles. The number of amides is 1. The molecule has 0 heterocycles. The number of nitrogens with two attached hydrogens (primary N) is 1. The van der Waals surface area contributed by atoms with Crippen LogP contribution < -0.4 is 15.8 Å². The van der Waals surface area contributed by atoms with E-state index in [1.807, 2.05) is 36.4 Å². The van der Waals surface area contributed by atoms with E-state index in [0.717, 1.165) is 15.7 Å². The number of carbonyl (C=O) groups excluding carboxylic acids is 1. The highest BCUT2D eigenvalue weighted by Crippen LogP contribution is 2.23. The standard InChI is InChI=1S/C15H14BrClN2O2/c16-14-6-11(17)5-4-10(14)8-19-12-2-1-3-13(7-12)21-9-15(18)20/h1-7,19H,8-9H2,(H2,18,20). The van der Waals surface area contributed by atoms with Crippen molar-refractivity contribution in [2.75, 3.05) is 11.9 Å². The molecule has 2 aromatic carbocycles. The van der Waals surface area contributed by atoms with Gasteiger partial charge in [-0.25, -0.2) is 0 Å². The molecule has 2 rings (SSSR count). The van der Waals surface area contributed by atoms with Gasteiger partial charge in [0, 0.05) is 27.8 Å². The van der Waals surface area contributed by atoms with Crippen LogP contribution in [0.1, 0.15) is 5.56 Å². The van der Waals surface area contributed by atoms with Crippen LogP contribution in [-0.2, 0) is 11.3 Å². The average Bonchev–Trinajstić information content (AvgIpc) is 2.45. The van der Waals surface area contributed by atoms with Gasteiger partial charge in [-0.3, -0.25) is 4.79 Å². The van der Waals surface area contributed by atoms with Gasteiger partial charge in [0.05, 0.1) is 0 Å². The minimum absolute atomic E-state index is 0.133. The fourth-order valence-electron chi connectivity index (χ4n) is 1.71. The number of halogens is 2. The minimum atomic E-state index is -0.501. The number of hydrogen-bond acceptors (Lipinski definition) is 3. The number of nitrogens with one attached hydrogen (secondary N) is 1. The summed E-state index contributed by atoms with van der Waals surface area (Å²) in [5.41, 5.74) is 7.02. The van der Waals surface area contributed by atoms with Crippen LogP contribution in [0.4, 0.5) is 5.69 Å². The first-order chi connectivity index (χ1) is 10.0. The van der Waals surface area contributed by atoms with Crippen molar-refractivity contribution in [3.63, 3.8) is 0 Å². The molecule has 0 saturated heterocycles. The van der Waals surface area contributed by atoms with Crippen LogP contribution in [0.15, 0.2) is 46.9 Å². The van der Waals surface area contributed by atoms with Crippen molar-refractivity contribution in [3.8, 4) is 5.75 Å². The lowest BCUT2D eigenvalue weighted by Crippen LogP contribution is -2.20. The highest BCUT2D eigenvalue weighted by Gasteiger charge is 2.02. The number of primary amides is 1. The Balaban J connectivity index is 1.99. The Morgan fingerprint density at radius 2 is 2.10 bits per heavy atom. The van der Waals surface area contributed by atoms with Crippen molar-refractivity contribution in [2.24, 2.45) is 5.73 Å². The zero-order valence-corrected chi connectivity index (χ0v) is 13.4. The van der Waals surface area contributed by atoms with Crippen molar-refractivity contribution in [1.29, 1.82) is 0 Å². The first-order valence-electron chi connectivity index (χ1n) is 6.23. The van der Waals surface area contributed by atoms with Gasteiger partial charge in [0.1, 0.15) is 5.75 Å². The van der Waals surface area contributed by atoms with E-state index in [-0.39, 0.29) is 6.61 Å². The number of carbonyl (C=O) groups is 1. The molecule has 0 fully saturated rings. The maximum atomic E-state index is 10.7. The van der Waals surface area contributed by atoms with E-state index in [0.29, 0.717) is 17.3 Å². The monoisotopic (exact) mass is 368 g/mol. The molecule has 0 bridgehead atoms. The summed E-state index contributed by atoms with van der Waals surface area (Å²) >= 11 is 9.39. The Morgan fingerprint density at radius 1 is 1.29 bits per heavy atom. The SMILES string of the molecule is NC(=O)COc1cccc(NCc2ccc(Cl)cc2Br)c1. The van der Waals surface area contributed by atoms with Crippen LogP contribution in [-0.4, -0.2) is 12.5 Å². The predicted octanol–water partition coefficient (Wildman–Crippen LogP) is 3.58. The first-order valence-corrected chi connectivity index (χ1v) is 7.40. The summed E-state index contributed by atoms with van der Waals surface area (Å²) in [7, 11) is 0. The Hall–Kier alpha value is -1.72. The van der Waals surface area contributed by atoms with Crippen molar-refractivity contribution in [2.45, 2.75) is 6.54 Å². The third-order valence-corrected chi connectivity index (χ3v) is 3.69. The summed E-state index contributed by atoms with van der Waals surface area (Å²) < 4.78 is 6.21. The van der Waals surface area contributed by atoms with E-state index in [2.05, 4.69) is 21.2 Å². The second-order valence-corrected chi connectivity index (χ2v) is 5.66. The lowest BCUT2D eigenvalue weighted by atomic mass is 10.2. The number of anilines is 1. The Kier molecular flexibility index (Phi) is 5.47. The van der Waals surface area contributed by atoms with Crippen molar-refractivity contribution in [3.05, 3.63) is 57.5 Å². The fraction of sp³-hybridized carbons (Fsp3) is 0.133. The van der Waals surface area contributed by atoms with Crippen LogP contribution in [0.5, 0.6) is 5.75 Å². The van der Waals surface area contributed by atoms with Gasteiger partial charge in [0.2, 0.25) is 0 Å². The van der Waals surface area contributed by atoms with E-state index in [4.69, 9.17) is 22.1 Å². The van der Waals surface area contributed by atoms with Crippen molar-refractivity contribution in [1.82, 2.24) is 0 Å². The molecular formula is C15H14BrClN2O2. The minimum Gasteiger partial charge on any atom is -0.484 e. The summed E-state index contributed by atoms with van der Waals surface area (Å²) in [6.07, 6.45) is 0. The summed E-state index contributed by atoms with van der Waals surface area (Å²) in [6.45, 7) is 0.503. The molecule has 110 valence electrons. The van der Waals surface area contributed by atoms with Crippen LogP contribution in [0.2, 0.25) is 5.02 Å². The lowest BCUT2D eigenvalue weighted by molar-refractivity contribution is -0.119. The predicted molar refractivity (Wildman–Crippen MR) is 87.6 cm³/mol. The molecule has 6 heteroatoms. The van der Waals surface area contributed by atoms with E-state index < -0.39 is 5.91 Å². The van der Waals surface area contributed by atoms with Crippen LogP contribution in [0, 0.1) is 0 Å². The first kappa shape index (κ1) is 15.7. The molecule has 0 saturated carbocycles. The number of benzene rings is 2. The molecule has 0 aliphatic rings. The molecule has 0 aromatic heterocycles. The molecule has 1 amide bonds. The van der Waals surface area contributed by atoms with E-state index >= 15 is 0 Å². The molecule has 0 atom stereocenters. The third-order valence-electron chi connectivity index (χ3n) is 2.71. The number of rotatable bonds is 6. The molecular weight excluding hydrogens is 356 g/mol. The van der Waals surface area contributed by atoms with Crippen LogP contribution >= 0.6 is 27.5 Å². The quantitative estimate of drug-likeness (QED) is 0.818. The van der Waals surface area contributed by atoms with Crippen molar-refractivity contribution >= 4 is 39.1 Å². The lowest BCUT2D eigenvalue weighted by Gasteiger charge is -2.10. The zero-order chi connectivity index (χ0) is 15.2. The van der Waals surface area contributed by atoms with Gasteiger partial charge >= 0.3 is 0 Å². The van der Waals surface area contributed by atoms with E-state index in [1.54, 1.807) is 6.07 Å². The second-order valence-electron chi connectivity index (χ2n) is 4.37. The molecule has 3 N–H and O–H groups in total. The summed E-state index contributed by atoms with van der Waals surface area (Å²) in [5, 5.41) is 3.97. The van der Waals surface area contributed by atoms with Crippen LogP contribution in [0.3, 0.4) is 0 Å². The summed E-state index contributed by atoms with van der Waals surface area (Å²) in [5.74, 6) is 0.0902. The highest BCUT2D eigenvalue weighted by atomic mass is 79.9. The smallest absolute Gasteiger partial charge is 0.255 e. The van der Waals surface area contributed by atoms with Gasteiger partial charge in [0.15, 0.2) is 6.61 Å². The van der Waals surface area contributed by atoms with Crippen LogP contribution in [0.25, 0.3) is 0 Å². The van der Waals surface area contributed by atoms with Gasteiger partial charge < -0.3 is 15.8 Å². The average molecular weight is 370 g/mol. The Morgan fingerprint density at radius 3 is 2.81 bits per heavy atom. The summed E-state index contributed by atoms with van der Waals surface area (Å²) in [6, 6.07) is 13.0. The van der Waals surface area contributed by atoms with Gasteiger partial charge in [-0.2, -0.15) is 0 Å². The second kappa shape index (κ2) is 7.33. The maximum Gasteiger partial charge on any atom is 0.255 e. The highest BCUT2D eigenvalue weighted by molar-refractivity contribution is 9.10. The molecule has 0 unspecified atom stereocenters. The van der Waals surface area contributed by atoms with Gasteiger partial charge in [-0.05, 0) is 29.8 Å². The Bertz CT molecular complexity index is 649. The molecule has 21 heavy (non-hydrogen) atoms. The van der Waals surface area contributed by atoms with Crippen molar-refractivity contribution < 1.29 is 9.53 Å². The zero-order valence-electron chi connectivity index (χ0n) is 11.1. The largest absolute Gasteiger partial charge is 0.484 e. The fourth-order valence-corrected chi connectivity index (χ4v) is 2.54. The normalized spacial score (nSPS) is 10.2. The van der Waals surface area contributed by atoms with E-state index in [9.17, 15) is 4.79 Å². The topological polar surface area (TPSA) is 64.4 Å². The number of ether oxygens (including phenoxy) is 1. The summed E-state index contributed by atoms with van der Waals surface area (Å²) in [4.78, 5) is 10.7. The van der Waals surface area contributed by atoms with Gasteiger partial charge in [-0.15, -0.1) is 0 Å². The molecule has 4 nitrogen and oxygen atoms in total. The number of hydrogen-bond donors (Lipinski definition) is 2. The molecule has 2 aromatic rings. The Labute approximate surface area is 136 Å². The molecule has 0 aliphatic carbocycles. The maximum absolute atomic E-state index is 10.7.